The normalized spacial score (nSPS) is 10.6. The first kappa shape index (κ1) is 27.1. The quantitative estimate of drug-likeness (QED) is 0.200. The molecule has 4 aromatic rings. The number of aromatic nitrogens is 2. The van der Waals surface area contributed by atoms with Gasteiger partial charge in [0.25, 0.3) is 0 Å². The average Bonchev–Trinajstić information content (AvgIpc) is 2.95. The lowest BCUT2D eigenvalue weighted by Gasteiger charge is -2.12. The van der Waals surface area contributed by atoms with Crippen molar-refractivity contribution >= 4 is 28.7 Å². The van der Waals surface area contributed by atoms with E-state index in [2.05, 4.69) is 58.7 Å². The van der Waals surface area contributed by atoms with Crippen molar-refractivity contribution in [1.82, 2.24) is 9.97 Å². The predicted octanol–water partition coefficient (Wildman–Crippen LogP) is 6.65. The largest absolute Gasteiger partial charge is 0.493 e. The molecule has 0 unspecified atom stereocenters. The van der Waals surface area contributed by atoms with Crippen LogP contribution in [0, 0.1) is 0 Å². The fraction of sp³-hybridized carbons (Fsp3) is 0.258. The van der Waals surface area contributed by atoms with Crippen LogP contribution in [-0.2, 0) is 25.7 Å². The number of nitrogens with zero attached hydrogens (tertiary/aromatic N) is 2. The molecule has 0 bridgehead atoms. The van der Waals surface area contributed by atoms with E-state index >= 15 is 0 Å². The minimum Gasteiger partial charge on any atom is -0.493 e. The lowest BCUT2D eigenvalue weighted by Crippen LogP contribution is -2.18. The maximum absolute atomic E-state index is 5.86. The summed E-state index contributed by atoms with van der Waals surface area (Å²) in [6.07, 6.45) is 7.40. The van der Waals surface area contributed by atoms with Crippen molar-refractivity contribution < 1.29 is 9.47 Å². The number of hydrogen-bond acceptors (Lipinski definition) is 5. The molecule has 7 heteroatoms. The predicted molar refractivity (Wildman–Crippen MR) is 158 cm³/mol. The molecule has 0 aliphatic carbocycles. The number of aryl methyl sites for hydroxylation is 2. The van der Waals surface area contributed by atoms with Gasteiger partial charge in [0.05, 0.1) is 13.2 Å². The highest BCUT2D eigenvalue weighted by Gasteiger charge is 2.03. The standard InChI is InChI=1S/C31H34N4O2S/c1-3-23-5-7-25(32-21-23)17-19-36-29-13-9-27(10-14-29)34-31(38)35-28-11-15-30(16-12-28)37-20-18-26-8-6-24(4-2)22-33-26/h5-16,21-22H,3-4,17-20H2,1-2H3,(H2,34,35,38). The first-order chi connectivity index (χ1) is 18.6. The van der Waals surface area contributed by atoms with Gasteiger partial charge < -0.3 is 20.1 Å². The first-order valence-corrected chi connectivity index (χ1v) is 13.4. The number of ether oxygens (including phenoxy) is 2. The Kier molecular flexibility index (Phi) is 10.0. The zero-order valence-corrected chi connectivity index (χ0v) is 22.8. The smallest absolute Gasteiger partial charge is 0.175 e. The third-order valence-electron chi connectivity index (χ3n) is 6.07. The molecule has 0 saturated carbocycles. The van der Waals surface area contributed by atoms with E-state index < -0.39 is 0 Å². The summed E-state index contributed by atoms with van der Waals surface area (Å²) in [6, 6.07) is 23.9. The van der Waals surface area contributed by atoms with E-state index in [0.29, 0.717) is 18.3 Å². The van der Waals surface area contributed by atoms with Crippen LogP contribution in [0.4, 0.5) is 11.4 Å². The fourth-order valence-electron chi connectivity index (χ4n) is 3.73. The maximum Gasteiger partial charge on any atom is 0.175 e. The fourth-order valence-corrected chi connectivity index (χ4v) is 3.97. The lowest BCUT2D eigenvalue weighted by atomic mass is 10.2. The van der Waals surface area contributed by atoms with Gasteiger partial charge in [-0.15, -0.1) is 0 Å². The van der Waals surface area contributed by atoms with Gasteiger partial charge in [-0.05, 0) is 96.9 Å². The summed E-state index contributed by atoms with van der Waals surface area (Å²) < 4.78 is 11.7. The number of thiocarbonyl (C=S) groups is 1. The average molecular weight is 527 g/mol. The molecule has 0 saturated heterocycles. The van der Waals surface area contributed by atoms with Gasteiger partial charge in [-0.1, -0.05) is 26.0 Å². The molecule has 0 aliphatic heterocycles. The molecule has 0 fully saturated rings. The highest BCUT2D eigenvalue weighted by atomic mass is 32.1. The topological polar surface area (TPSA) is 68.3 Å². The Bertz CT molecular complexity index is 1170. The number of rotatable bonds is 12. The summed E-state index contributed by atoms with van der Waals surface area (Å²) in [5, 5.41) is 6.91. The van der Waals surface area contributed by atoms with E-state index in [0.717, 1.165) is 59.9 Å². The van der Waals surface area contributed by atoms with Crippen LogP contribution in [0.25, 0.3) is 0 Å². The lowest BCUT2D eigenvalue weighted by molar-refractivity contribution is 0.320. The van der Waals surface area contributed by atoms with Gasteiger partial charge in [-0.2, -0.15) is 0 Å². The Hall–Kier alpha value is -3.97. The number of benzene rings is 2. The van der Waals surface area contributed by atoms with E-state index in [9.17, 15) is 0 Å². The molecule has 4 rings (SSSR count). The molecule has 6 nitrogen and oxygen atoms in total. The molecule has 0 radical (unpaired) electrons. The highest BCUT2D eigenvalue weighted by molar-refractivity contribution is 7.80. The molecular weight excluding hydrogens is 492 g/mol. The minimum atomic E-state index is 0.510. The number of hydrogen-bond donors (Lipinski definition) is 2. The third-order valence-corrected chi connectivity index (χ3v) is 6.27. The van der Waals surface area contributed by atoms with Gasteiger partial charge in [-0.25, -0.2) is 0 Å². The molecule has 2 heterocycles. The van der Waals surface area contributed by atoms with Crippen LogP contribution < -0.4 is 20.1 Å². The molecule has 0 spiro atoms. The van der Waals surface area contributed by atoms with E-state index in [1.165, 1.54) is 11.1 Å². The Labute approximate surface area is 230 Å². The second-order valence-electron chi connectivity index (χ2n) is 8.85. The van der Waals surface area contributed by atoms with Crippen molar-refractivity contribution in [2.24, 2.45) is 0 Å². The van der Waals surface area contributed by atoms with Crippen LogP contribution in [-0.4, -0.2) is 28.3 Å². The monoisotopic (exact) mass is 526 g/mol. The number of anilines is 2. The SMILES string of the molecule is CCc1ccc(CCOc2ccc(NC(=S)Nc3ccc(OCCc4ccc(CC)cn4)cc3)cc2)nc1. The zero-order valence-electron chi connectivity index (χ0n) is 21.9. The van der Waals surface area contributed by atoms with Crippen LogP contribution in [0.15, 0.2) is 85.2 Å². The maximum atomic E-state index is 5.86. The Balaban J connectivity index is 1.16. The summed E-state index contributed by atoms with van der Waals surface area (Å²) in [4.78, 5) is 8.95. The van der Waals surface area contributed by atoms with Crippen molar-refractivity contribution in [3.63, 3.8) is 0 Å². The van der Waals surface area contributed by atoms with Crippen molar-refractivity contribution in [2.75, 3.05) is 23.8 Å². The minimum absolute atomic E-state index is 0.510. The van der Waals surface area contributed by atoms with Crippen LogP contribution >= 0.6 is 12.2 Å². The molecule has 2 aromatic heterocycles. The molecular formula is C31H34N4O2S. The van der Waals surface area contributed by atoms with Gasteiger partial charge >= 0.3 is 0 Å². The van der Waals surface area contributed by atoms with Crippen LogP contribution in [0.2, 0.25) is 0 Å². The number of nitrogens with one attached hydrogen (secondary N) is 2. The van der Waals surface area contributed by atoms with Crippen molar-refractivity contribution in [2.45, 2.75) is 39.5 Å². The Morgan fingerprint density at radius 3 is 1.39 bits per heavy atom. The summed E-state index contributed by atoms with van der Waals surface area (Å²) in [6.45, 7) is 5.41. The molecule has 0 aliphatic rings. The first-order valence-electron chi connectivity index (χ1n) is 13.0. The molecule has 2 aromatic carbocycles. The van der Waals surface area contributed by atoms with E-state index in [1.54, 1.807) is 0 Å². The van der Waals surface area contributed by atoms with Crippen molar-refractivity contribution in [1.29, 1.82) is 0 Å². The Morgan fingerprint density at radius 2 is 1.05 bits per heavy atom. The highest BCUT2D eigenvalue weighted by Crippen LogP contribution is 2.19. The molecule has 0 amide bonds. The van der Waals surface area contributed by atoms with Gasteiger partial charge in [0.2, 0.25) is 0 Å². The van der Waals surface area contributed by atoms with E-state index in [4.69, 9.17) is 21.7 Å². The Morgan fingerprint density at radius 1 is 0.632 bits per heavy atom. The summed E-state index contributed by atoms with van der Waals surface area (Å²) in [7, 11) is 0. The second kappa shape index (κ2) is 14.1. The summed E-state index contributed by atoms with van der Waals surface area (Å²) >= 11 is 5.47. The summed E-state index contributed by atoms with van der Waals surface area (Å²) in [5.74, 6) is 1.62. The van der Waals surface area contributed by atoms with Crippen molar-refractivity contribution in [3.05, 3.63) is 108 Å². The van der Waals surface area contributed by atoms with Gasteiger partial charge in [0.1, 0.15) is 11.5 Å². The van der Waals surface area contributed by atoms with E-state index in [1.807, 2.05) is 60.9 Å². The molecule has 196 valence electrons. The molecule has 2 N–H and O–H groups in total. The zero-order chi connectivity index (χ0) is 26.6. The van der Waals surface area contributed by atoms with Crippen LogP contribution in [0.1, 0.15) is 36.4 Å². The van der Waals surface area contributed by atoms with E-state index in [-0.39, 0.29) is 0 Å². The van der Waals surface area contributed by atoms with Gasteiger partial charge in [0.15, 0.2) is 5.11 Å². The number of pyridine rings is 2. The second-order valence-corrected chi connectivity index (χ2v) is 9.26. The van der Waals surface area contributed by atoms with Crippen molar-refractivity contribution in [3.8, 4) is 11.5 Å². The van der Waals surface area contributed by atoms with Gasteiger partial charge in [-0.3, -0.25) is 9.97 Å². The molecule has 38 heavy (non-hydrogen) atoms. The summed E-state index contributed by atoms with van der Waals surface area (Å²) in [5.41, 5.74) is 6.32. The van der Waals surface area contributed by atoms with Gasteiger partial charge in [0, 0.05) is 48.0 Å². The van der Waals surface area contributed by atoms with Crippen LogP contribution in [0.3, 0.4) is 0 Å². The third kappa shape index (κ3) is 8.56. The molecule has 0 atom stereocenters. The van der Waals surface area contributed by atoms with Crippen LogP contribution in [0.5, 0.6) is 11.5 Å².